The van der Waals surface area contributed by atoms with Gasteiger partial charge in [0.2, 0.25) is 12.0 Å². The van der Waals surface area contributed by atoms with Gasteiger partial charge in [-0.15, -0.1) is 0 Å². The van der Waals surface area contributed by atoms with Crippen LogP contribution in [0.1, 0.15) is 6.42 Å². The monoisotopic (exact) mass is 402 g/mol. The van der Waals surface area contributed by atoms with E-state index in [0.717, 1.165) is 6.07 Å². The quantitative estimate of drug-likeness (QED) is 0.410. The number of aromatic hydroxyl groups is 3. The van der Waals surface area contributed by atoms with Gasteiger partial charge in [0.25, 0.3) is 0 Å². The third kappa shape index (κ3) is 3.58. The standard InChI is InChI=1S/C20H18O9/c21-10-3-1-9(2-4-10)14-6-12(23)17-15(28-14)7-16(18(25)19(17)26)29-20-13(24)5-11(22)8-27-20/h1-4,6-7,11,13,20-22,24-26H,5,8H2. The van der Waals surface area contributed by atoms with Gasteiger partial charge in [-0.05, 0) is 24.3 Å². The first-order valence-electron chi connectivity index (χ1n) is 8.80. The lowest BCUT2D eigenvalue weighted by Crippen LogP contribution is -2.44. The highest BCUT2D eigenvalue weighted by molar-refractivity contribution is 5.89. The van der Waals surface area contributed by atoms with Crippen molar-refractivity contribution in [2.75, 3.05) is 6.61 Å². The minimum Gasteiger partial charge on any atom is -0.508 e. The molecule has 5 N–H and O–H groups in total. The van der Waals surface area contributed by atoms with Crippen LogP contribution in [0.4, 0.5) is 0 Å². The van der Waals surface area contributed by atoms with E-state index >= 15 is 0 Å². The van der Waals surface area contributed by atoms with Gasteiger partial charge in [0.15, 0.2) is 16.9 Å². The molecular weight excluding hydrogens is 384 g/mol. The average Bonchev–Trinajstić information content (AvgIpc) is 2.68. The van der Waals surface area contributed by atoms with Gasteiger partial charge < -0.3 is 39.4 Å². The Bertz CT molecular complexity index is 1100. The molecule has 1 aromatic heterocycles. The van der Waals surface area contributed by atoms with Crippen molar-refractivity contribution < 1.29 is 39.4 Å². The second-order valence-corrected chi connectivity index (χ2v) is 6.74. The van der Waals surface area contributed by atoms with E-state index in [2.05, 4.69) is 0 Å². The van der Waals surface area contributed by atoms with Gasteiger partial charge >= 0.3 is 0 Å². The molecule has 2 aromatic carbocycles. The number of aliphatic hydroxyl groups excluding tert-OH is 2. The fraction of sp³-hybridized carbons (Fsp3) is 0.250. The SMILES string of the molecule is O=c1cc(-c2ccc(O)cc2)oc2cc(OC3OCC(O)CC3O)c(O)c(O)c12. The summed E-state index contributed by atoms with van der Waals surface area (Å²) >= 11 is 0. The largest absolute Gasteiger partial charge is 0.508 e. The maximum Gasteiger partial charge on any atom is 0.226 e. The van der Waals surface area contributed by atoms with E-state index in [4.69, 9.17) is 13.9 Å². The summed E-state index contributed by atoms with van der Waals surface area (Å²) in [7, 11) is 0. The summed E-state index contributed by atoms with van der Waals surface area (Å²) in [4.78, 5) is 12.5. The summed E-state index contributed by atoms with van der Waals surface area (Å²) in [5, 5.41) is 49.2. The van der Waals surface area contributed by atoms with Crippen molar-refractivity contribution in [1.82, 2.24) is 0 Å². The maximum atomic E-state index is 12.5. The first kappa shape index (κ1) is 19.1. The summed E-state index contributed by atoms with van der Waals surface area (Å²) in [5.41, 5.74) is -0.140. The van der Waals surface area contributed by atoms with Gasteiger partial charge in [0.1, 0.15) is 28.6 Å². The number of ether oxygens (including phenoxy) is 2. The molecule has 3 unspecified atom stereocenters. The normalized spacial score (nSPS) is 21.9. The van der Waals surface area contributed by atoms with Crippen LogP contribution >= 0.6 is 0 Å². The van der Waals surface area contributed by atoms with Crippen molar-refractivity contribution >= 4 is 11.0 Å². The first-order valence-corrected chi connectivity index (χ1v) is 8.80. The van der Waals surface area contributed by atoms with Gasteiger partial charge in [-0.3, -0.25) is 4.79 Å². The molecule has 0 amide bonds. The minimum atomic E-state index is -1.19. The summed E-state index contributed by atoms with van der Waals surface area (Å²) in [6.07, 6.45) is -3.17. The molecule has 3 atom stereocenters. The number of fused-ring (bicyclic) bond motifs is 1. The van der Waals surface area contributed by atoms with Crippen LogP contribution in [0.25, 0.3) is 22.3 Å². The van der Waals surface area contributed by atoms with E-state index in [1.165, 1.54) is 18.2 Å². The molecular formula is C20H18O9. The highest BCUT2D eigenvalue weighted by atomic mass is 16.7. The second-order valence-electron chi connectivity index (χ2n) is 6.74. The van der Waals surface area contributed by atoms with Crippen LogP contribution in [0.15, 0.2) is 45.6 Å². The van der Waals surface area contributed by atoms with Crippen molar-refractivity contribution in [1.29, 1.82) is 0 Å². The average molecular weight is 402 g/mol. The number of hydrogen-bond acceptors (Lipinski definition) is 9. The van der Waals surface area contributed by atoms with Crippen molar-refractivity contribution in [3.05, 3.63) is 46.6 Å². The Morgan fingerprint density at radius 2 is 1.72 bits per heavy atom. The zero-order valence-corrected chi connectivity index (χ0v) is 15.0. The summed E-state index contributed by atoms with van der Waals surface area (Å²) in [6, 6.07) is 8.32. The van der Waals surface area contributed by atoms with Crippen LogP contribution in [0.5, 0.6) is 23.0 Å². The number of phenolic OH excluding ortho intramolecular Hbond substituents is 3. The van der Waals surface area contributed by atoms with Gasteiger partial charge in [0.05, 0.1) is 12.7 Å². The molecule has 0 spiro atoms. The molecule has 0 saturated carbocycles. The molecule has 152 valence electrons. The van der Waals surface area contributed by atoms with E-state index in [9.17, 15) is 30.3 Å². The highest BCUT2D eigenvalue weighted by Crippen LogP contribution is 2.42. The molecule has 1 saturated heterocycles. The Hall–Kier alpha value is -3.27. The van der Waals surface area contributed by atoms with Crippen LogP contribution in [-0.4, -0.2) is 50.6 Å². The number of phenols is 3. The predicted molar refractivity (Wildman–Crippen MR) is 99.9 cm³/mol. The lowest BCUT2D eigenvalue weighted by molar-refractivity contribution is -0.199. The molecule has 3 aromatic rings. The lowest BCUT2D eigenvalue weighted by Gasteiger charge is -2.31. The van der Waals surface area contributed by atoms with E-state index < -0.39 is 35.4 Å². The van der Waals surface area contributed by atoms with Gasteiger partial charge in [-0.1, -0.05) is 0 Å². The van der Waals surface area contributed by atoms with Crippen LogP contribution in [0.2, 0.25) is 0 Å². The zero-order valence-electron chi connectivity index (χ0n) is 15.0. The molecule has 1 aliphatic heterocycles. The Morgan fingerprint density at radius 3 is 2.41 bits per heavy atom. The lowest BCUT2D eigenvalue weighted by atomic mass is 10.1. The van der Waals surface area contributed by atoms with Crippen LogP contribution < -0.4 is 10.2 Å². The van der Waals surface area contributed by atoms with Crippen molar-refractivity contribution in [3.8, 4) is 34.3 Å². The number of aliphatic hydroxyl groups is 2. The molecule has 0 radical (unpaired) electrons. The molecule has 9 nitrogen and oxygen atoms in total. The minimum absolute atomic E-state index is 0.0189. The van der Waals surface area contributed by atoms with E-state index in [-0.39, 0.29) is 41.3 Å². The molecule has 29 heavy (non-hydrogen) atoms. The predicted octanol–water partition coefficient (Wildman–Crippen LogP) is 1.42. The van der Waals surface area contributed by atoms with Crippen LogP contribution in [-0.2, 0) is 4.74 Å². The third-order valence-corrected chi connectivity index (χ3v) is 4.61. The third-order valence-electron chi connectivity index (χ3n) is 4.61. The smallest absolute Gasteiger partial charge is 0.226 e. The van der Waals surface area contributed by atoms with Crippen molar-refractivity contribution in [3.63, 3.8) is 0 Å². The topological polar surface area (TPSA) is 150 Å². The maximum absolute atomic E-state index is 12.5. The summed E-state index contributed by atoms with van der Waals surface area (Å²) in [5.74, 6) is -1.47. The van der Waals surface area contributed by atoms with Gasteiger partial charge in [0, 0.05) is 24.1 Å². The second kappa shape index (κ2) is 7.28. The number of hydrogen-bond donors (Lipinski definition) is 5. The van der Waals surface area contributed by atoms with Crippen LogP contribution in [0.3, 0.4) is 0 Å². The van der Waals surface area contributed by atoms with E-state index in [1.807, 2.05) is 0 Å². The molecule has 9 heteroatoms. The Balaban J connectivity index is 1.77. The van der Waals surface area contributed by atoms with Gasteiger partial charge in [-0.25, -0.2) is 0 Å². The molecule has 0 aliphatic carbocycles. The Morgan fingerprint density at radius 1 is 1.00 bits per heavy atom. The molecule has 2 heterocycles. The molecule has 4 rings (SSSR count). The summed E-state index contributed by atoms with van der Waals surface area (Å²) < 4.78 is 16.4. The summed E-state index contributed by atoms with van der Waals surface area (Å²) in [6.45, 7) is -0.0673. The highest BCUT2D eigenvalue weighted by Gasteiger charge is 2.32. The fourth-order valence-electron chi connectivity index (χ4n) is 3.14. The van der Waals surface area contributed by atoms with E-state index in [1.54, 1.807) is 12.1 Å². The number of rotatable bonds is 3. The zero-order chi connectivity index (χ0) is 20.7. The molecule has 0 bridgehead atoms. The van der Waals surface area contributed by atoms with Crippen molar-refractivity contribution in [2.45, 2.75) is 24.9 Å². The Kier molecular flexibility index (Phi) is 4.79. The first-order chi connectivity index (χ1) is 13.8. The van der Waals surface area contributed by atoms with Crippen molar-refractivity contribution in [2.24, 2.45) is 0 Å². The van der Waals surface area contributed by atoms with Crippen LogP contribution in [0, 0.1) is 0 Å². The molecule has 1 fully saturated rings. The van der Waals surface area contributed by atoms with Gasteiger partial charge in [-0.2, -0.15) is 0 Å². The number of benzene rings is 2. The van der Waals surface area contributed by atoms with E-state index in [0.29, 0.717) is 5.56 Å². The molecule has 1 aliphatic rings. The fourth-order valence-corrected chi connectivity index (χ4v) is 3.14. The Labute approximate surface area is 163 Å².